The fourth-order valence-corrected chi connectivity index (χ4v) is 1.67. The predicted octanol–water partition coefficient (Wildman–Crippen LogP) is 1.36. The van der Waals surface area contributed by atoms with Gasteiger partial charge in [0.15, 0.2) is 0 Å². The van der Waals surface area contributed by atoms with E-state index in [0.29, 0.717) is 19.3 Å². The highest BCUT2D eigenvalue weighted by atomic mass is 16.5. The molecular formula is C13H23NO4. The maximum Gasteiger partial charge on any atom is 0.320 e. The molecule has 0 aliphatic heterocycles. The van der Waals surface area contributed by atoms with E-state index in [1.54, 1.807) is 6.92 Å². The summed E-state index contributed by atoms with van der Waals surface area (Å²) in [7, 11) is 0. The van der Waals surface area contributed by atoms with Gasteiger partial charge in [-0.2, -0.15) is 0 Å². The van der Waals surface area contributed by atoms with Crippen LogP contribution in [0.15, 0.2) is 0 Å². The third kappa shape index (κ3) is 6.00. The Hall–Kier alpha value is -1.10. The van der Waals surface area contributed by atoms with Gasteiger partial charge in [0.05, 0.1) is 26.3 Å². The molecule has 0 spiro atoms. The molecule has 0 unspecified atom stereocenters. The zero-order chi connectivity index (χ0) is 13.4. The maximum atomic E-state index is 11.6. The standard InChI is InChI=1S/C13H23NO4/c1-3-5-8-18-13(16)10-14(11-6-7-11)9-12(15)17-4-2/h11H,3-10H2,1-2H3. The summed E-state index contributed by atoms with van der Waals surface area (Å²) >= 11 is 0. The van der Waals surface area contributed by atoms with Gasteiger partial charge < -0.3 is 9.47 Å². The van der Waals surface area contributed by atoms with E-state index in [2.05, 4.69) is 0 Å². The fourth-order valence-electron chi connectivity index (χ4n) is 1.67. The molecule has 0 aromatic carbocycles. The first-order chi connectivity index (χ1) is 8.67. The molecule has 1 rings (SSSR count). The van der Waals surface area contributed by atoms with Gasteiger partial charge in [0.25, 0.3) is 0 Å². The zero-order valence-corrected chi connectivity index (χ0v) is 11.3. The highest BCUT2D eigenvalue weighted by Crippen LogP contribution is 2.26. The van der Waals surface area contributed by atoms with Crippen LogP contribution >= 0.6 is 0 Å². The molecule has 0 bridgehead atoms. The Labute approximate surface area is 108 Å². The second kappa shape index (κ2) is 8.08. The molecule has 0 aromatic heterocycles. The Morgan fingerprint density at radius 1 is 1.11 bits per heavy atom. The molecule has 0 amide bonds. The lowest BCUT2D eigenvalue weighted by Gasteiger charge is -2.19. The number of carbonyl (C=O) groups is 2. The Balaban J connectivity index is 2.28. The number of hydrogen-bond donors (Lipinski definition) is 0. The number of carbonyl (C=O) groups excluding carboxylic acids is 2. The van der Waals surface area contributed by atoms with Crippen LogP contribution in [-0.4, -0.2) is 49.2 Å². The first kappa shape index (κ1) is 15.0. The van der Waals surface area contributed by atoms with Crippen molar-refractivity contribution in [2.75, 3.05) is 26.3 Å². The van der Waals surface area contributed by atoms with Crippen molar-refractivity contribution < 1.29 is 19.1 Å². The maximum absolute atomic E-state index is 11.6. The Kier molecular flexibility index (Phi) is 6.72. The summed E-state index contributed by atoms with van der Waals surface area (Å²) in [6.45, 7) is 5.03. The Morgan fingerprint density at radius 2 is 1.72 bits per heavy atom. The van der Waals surface area contributed by atoms with Gasteiger partial charge in [0.1, 0.15) is 0 Å². The number of nitrogens with zero attached hydrogens (tertiary/aromatic N) is 1. The van der Waals surface area contributed by atoms with Crippen molar-refractivity contribution >= 4 is 11.9 Å². The Morgan fingerprint density at radius 3 is 2.22 bits per heavy atom. The molecule has 0 radical (unpaired) electrons. The SMILES string of the molecule is CCCCOC(=O)CN(CC(=O)OCC)C1CC1. The van der Waals surface area contributed by atoms with Gasteiger partial charge in [-0.1, -0.05) is 13.3 Å². The van der Waals surface area contributed by atoms with E-state index >= 15 is 0 Å². The van der Waals surface area contributed by atoms with Crippen LogP contribution < -0.4 is 0 Å². The van der Waals surface area contributed by atoms with Crippen molar-refractivity contribution in [2.24, 2.45) is 0 Å². The molecule has 18 heavy (non-hydrogen) atoms. The average Bonchev–Trinajstić information content (AvgIpc) is 3.12. The van der Waals surface area contributed by atoms with Crippen LogP contribution in [0.3, 0.4) is 0 Å². The third-order valence-electron chi connectivity index (χ3n) is 2.79. The van der Waals surface area contributed by atoms with Crippen LogP contribution in [0, 0.1) is 0 Å². The molecule has 0 N–H and O–H groups in total. The minimum Gasteiger partial charge on any atom is -0.465 e. The molecule has 5 nitrogen and oxygen atoms in total. The molecule has 0 aromatic rings. The van der Waals surface area contributed by atoms with Crippen molar-refractivity contribution in [1.82, 2.24) is 4.90 Å². The minimum absolute atomic E-state index is 0.182. The van der Waals surface area contributed by atoms with Gasteiger partial charge >= 0.3 is 11.9 Å². The lowest BCUT2D eigenvalue weighted by atomic mass is 10.4. The van der Waals surface area contributed by atoms with E-state index in [1.165, 1.54) is 0 Å². The van der Waals surface area contributed by atoms with Gasteiger partial charge in [0.2, 0.25) is 0 Å². The molecule has 104 valence electrons. The fraction of sp³-hybridized carbons (Fsp3) is 0.846. The zero-order valence-electron chi connectivity index (χ0n) is 11.3. The number of rotatable bonds is 9. The van der Waals surface area contributed by atoms with Crippen molar-refractivity contribution in [1.29, 1.82) is 0 Å². The summed E-state index contributed by atoms with van der Waals surface area (Å²) in [6.07, 6.45) is 3.97. The predicted molar refractivity (Wildman–Crippen MR) is 67.1 cm³/mol. The first-order valence-corrected chi connectivity index (χ1v) is 6.72. The summed E-state index contributed by atoms with van der Waals surface area (Å²) in [5.74, 6) is -0.523. The number of esters is 2. The molecule has 1 aliphatic rings. The quantitative estimate of drug-likeness (QED) is 0.461. The first-order valence-electron chi connectivity index (χ1n) is 6.72. The summed E-state index contributed by atoms with van der Waals surface area (Å²) < 4.78 is 10.00. The molecule has 1 saturated carbocycles. The van der Waals surface area contributed by atoms with Gasteiger partial charge in [-0.15, -0.1) is 0 Å². The molecule has 0 saturated heterocycles. The molecule has 1 aliphatic carbocycles. The van der Waals surface area contributed by atoms with Crippen LogP contribution in [0.4, 0.5) is 0 Å². The highest BCUT2D eigenvalue weighted by molar-refractivity contribution is 5.75. The normalized spacial score (nSPS) is 14.6. The van der Waals surface area contributed by atoms with Crippen molar-refractivity contribution in [3.8, 4) is 0 Å². The summed E-state index contributed by atoms with van der Waals surface area (Å²) in [6, 6.07) is 0.341. The number of unbranched alkanes of at least 4 members (excludes halogenated alkanes) is 1. The van der Waals surface area contributed by atoms with Gasteiger partial charge in [-0.05, 0) is 26.2 Å². The lowest BCUT2D eigenvalue weighted by molar-refractivity contribution is -0.148. The molecule has 0 atom stereocenters. The molecule has 5 heteroatoms. The van der Waals surface area contributed by atoms with Crippen LogP contribution in [-0.2, 0) is 19.1 Å². The van der Waals surface area contributed by atoms with E-state index in [0.717, 1.165) is 25.7 Å². The van der Waals surface area contributed by atoms with Crippen molar-refractivity contribution in [2.45, 2.75) is 45.6 Å². The van der Waals surface area contributed by atoms with Gasteiger partial charge in [-0.25, -0.2) is 0 Å². The summed E-state index contributed by atoms with van der Waals surface area (Å²) in [4.78, 5) is 24.8. The topological polar surface area (TPSA) is 55.8 Å². The van der Waals surface area contributed by atoms with E-state index < -0.39 is 0 Å². The van der Waals surface area contributed by atoms with E-state index in [4.69, 9.17) is 9.47 Å². The van der Waals surface area contributed by atoms with E-state index in [9.17, 15) is 9.59 Å². The monoisotopic (exact) mass is 257 g/mol. The lowest BCUT2D eigenvalue weighted by Crippen LogP contribution is -2.37. The second-order valence-corrected chi connectivity index (χ2v) is 4.52. The molecule has 1 fully saturated rings. The number of hydrogen-bond acceptors (Lipinski definition) is 5. The van der Waals surface area contributed by atoms with Crippen molar-refractivity contribution in [3.05, 3.63) is 0 Å². The summed E-state index contributed by atoms with van der Waals surface area (Å²) in [5.41, 5.74) is 0. The van der Waals surface area contributed by atoms with Crippen LogP contribution in [0.25, 0.3) is 0 Å². The number of ether oxygens (including phenoxy) is 2. The molecule has 0 heterocycles. The Bertz CT molecular complexity index is 276. The summed E-state index contributed by atoms with van der Waals surface area (Å²) in [5, 5.41) is 0. The minimum atomic E-state index is -0.272. The van der Waals surface area contributed by atoms with Crippen LogP contribution in [0.2, 0.25) is 0 Å². The third-order valence-corrected chi connectivity index (χ3v) is 2.79. The molecular weight excluding hydrogens is 234 g/mol. The van der Waals surface area contributed by atoms with Crippen LogP contribution in [0.5, 0.6) is 0 Å². The van der Waals surface area contributed by atoms with Gasteiger partial charge in [0, 0.05) is 6.04 Å². The second-order valence-electron chi connectivity index (χ2n) is 4.52. The average molecular weight is 257 g/mol. The van der Waals surface area contributed by atoms with E-state index in [1.807, 2.05) is 11.8 Å². The van der Waals surface area contributed by atoms with Crippen LogP contribution in [0.1, 0.15) is 39.5 Å². The van der Waals surface area contributed by atoms with E-state index in [-0.39, 0.29) is 25.0 Å². The smallest absolute Gasteiger partial charge is 0.320 e. The van der Waals surface area contributed by atoms with Gasteiger partial charge in [-0.3, -0.25) is 14.5 Å². The largest absolute Gasteiger partial charge is 0.465 e. The van der Waals surface area contributed by atoms with Crippen molar-refractivity contribution in [3.63, 3.8) is 0 Å². The highest BCUT2D eigenvalue weighted by Gasteiger charge is 2.32.